The second kappa shape index (κ2) is 4.60. The van der Waals surface area contributed by atoms with Gasteiger partial charge in [-0.1, -0.05) is 22.0 Å². The number of halogens is 1. The van der Waals surface area contributed by atoms with Gasteiger partial charge in [0.1, 0.15) is 0 Å². The second-order valence-corrected chi connectivity index (χ2v) is 4.28. The van der Waals surface area contributed by atoms with Gasteiger partial charge in [-0.25, -0.2) is 0 Å². The molecule has 0 heterocycles. The Morgan fingerprint density at radius 2 is 2.00 bits per heavy atom. The van der Waals surface area contributed by atoms with Crippen molar-refractivity contribution in [1.82, 2.24) is 0 Å². The van der Waals surface area contributed by atoms with Crippen molar-refractivity contribution in [2.45, 2.75) is 26.7 Å². The zero-order valence-electron chi connectivity index (χ0n) is 8.30. The molecular formula is C11H13BrO2. The highest BCUT2D eigenvalue weighted by molar-refractivity contribution is 9.10. The van der Waals surface area contributed by atoms with Crippen LogP contribution in [0, 0.1) is 13.8 Å². The van der Waals surface area contributed by atoms with Crippen molar-refractivity contribution in [2.75, 3.05) is 0 Å². The van der Waals surface area contributed by atoms with E-state index in [0.717, 1.165) is 21.2 Å². The average molecular weight is 257 g/mol. The molecule has 0 saturated heterocycles. The molecule has 1 aromatic rings. The minimum Gasteiger partial charge on any atom is -0.481 e. The van der Waals surface area contributed by atoms with Crippen molar-refractivity contribution in [1.29, 1.82) is 0 Å². The van der Waals surface area contributed by atoms with Gasteiger partial charge in [0, 0.05) is 10.9 Å². The van der Waals surface area contributed by atoms with Crippen molar-refractivity contribution in [3.63, 3.8) is 0 Å². The number of carbonyl (C=O) groups is 1. The van der Waals surface area contributed by atoms with E-state index in [1.54, 1.807) is 0 Å². The second-order valence-electron chi connectivity index (χ2n) is 3.42. The van der Waals surface area contributed by atoms with Crippen molar-refractivity contribution in [3.8, 4) is 0 Å². The molecule has 0 aliphatic carbocycles. The average Bonchev–Trinajstić information content (AvgIpc) is 2.09. The molecule has 76 valence electrons. The molecule has 0 aliphatic rings. The number of hydrogen-bond donors (Lipinski definition) is 1. The van der Waals surface area contributed by atoms with Crippen LogP contribution in [0.1, 0.15) is 23.1 Å². The number of carboxylic acids is 1. The molecule has 0 bridgehead atoms. The molecule has 2 nitrogen and oxygen atoms in total. The van der Waals surface area contributed by atoms with Gasteiger partial charge in [-0.05, 0) is 43.0 Å². The van der Waals surface area contributed by atoms with Crippen molar-refractivity contribution in [3.05, 3.63) is 33.3 Å². The van der Waals surface area contributed by atoms with Crippen molar-refractivity contribution >= 4 is 21.9 Å². The SMILES string of the molecule is Cc1cc(CCC(=O)O)c(C)cc1Br. The summed E-state index contributed by atoms with van der Waals surface area (Å²) in [6.07, 6.45) is 0.803. The fourth-order valence-electron chi connectivity index (χ4n) is 1.35. The third kappa shape index (κ3) is 2.84. The van der Waals surface area contributed by atoms with Crippen LogP contribution in [0.4, 0.5) is 0 Å². The molecule has 0 unspecified atom stereocenters. The van der Waals surface area contributed by atoms with Crippen LogP contribution in [0.2, 0.25) is 0 Å². The molecule has 0 amide bonds. The summed E-state index contributed by atoms with van der Waals surface area (Å²) in [6.45, 7) is 4.01. The van der Waals surface area contributed by atoms with E-state index in [1.807, 2.05) is 26.0 Å². The summed E-state index contributed by atoms with van der Waals surface area (Å²) < 4.78 is 1.08. The summed E-state index contributed by atoms with van der Waals surface area (Å²) in [7, 11) is 0. The molecule has 3 heteroatoms. The van der Waals surface area contributed by atoms with E-state index in [-0.39, 0.29) is 6.42 Å². The number of carboxylic acid groups (broad SMARTS) is 1. The minimum atomic E-state index is -0.745. The molecule has 0 spiro atoms. The lowest BCUT2D eigenvalue weighted by atomic mass is 10.0. The minimum absolute atomic E-state index is 0.196. The predicted octanol–water partition coefficient (Wildman–Crippen LogP) is 3.08. The number of benzene rings is 1. The first-order chi connectivity index (χ1) is 6.50. The Kier molecular flexibility index (Phi) is 3.69. The van der Waals surface area contributed by atoms with Gasteiger partial charge in [0.2, 0.25) is 0 Å². The zero-order valence-corrected chi connectivity index (χ0v) is 9.89. The molecule has 0 saturated carbocycles. The molecule has 0 fully saturated rings. The Morgan fingerprint density at radius 1 is 1.36 bits per heavy atom. The fraction of sp³-hybridized carbons (Fsp3) is 0.364. The van der Waals surface area contributed by atoms with Crippen LogP contribution in [0.5, 0.6) is 0 Å². The molecule has 0 aromatic heterocycles. The Hall–Kier alpha value is -0.830. The highest BCUT2D eigenvalue weighted by Gasteiger charge is 2.04. The highest BCUT2D eigenvalue weighted by atomic mass is 79.9. The monoisotopic (exact) mass is 256 g/mol. The summed E-state index contributed by atoms with van der Waals surface area (Å²) in [6, 6.07) is 4.08. The Balaban J connectivity index is 2.87. The lowest BCUT2D eigenvalue weighted by Crippen LogP contribution is -1.99. The van der Waals surface area contributed by atoms with E-state index in [2.05, 4.69) is 15.9 Å². The summed E-state index contributed by atoms with van der Waals surface area (Å²) in [5.74, 6) is -0.745. The smallest absolute Gasteiger partial charge is 0.303 e. The van der Waals surface area contributed by atoms with E-state index >= 15 is 0 Å². The van der Waals surface area contributed by atoms with Gasteiger partial charge in [0.15, 0.2) is 0 Å². The van der Waals surface area contributed by atoms with Gasteiger partial charge in [-0.15, -0.1) is 0 Å². The topological polar surface area (TPSA) is 37.3 Å². The first-order valence-electron chi connectivity index (χ1n) is 4.48. The van der Waals surface area contributed by atoms with Gasteiger partial charge in [-0.2, -0.15) is 0 Å². The fourth-order valence-corrected chi connectivity index (χ4v) is 1.81. The first kappa shape index (κ1) is 11.2. The predicted molar refractivity (Wildman–Crippen MR) is 59.6 cm³/mol. The van der Waals surface area contributed by atoms with E-state index in [4.69, 9.17) is 5.11 Å². The van der Waals surface area contributed by atoms with Crippen LogP contribution in [-0.4, -0.2) is 11.1 Å². The summed E-state index contributed by atoms with van der Waals surface area (Å²) in [5.41, 5.74) is 3.41. The van der Waals surface area contributed by atoms with Gasteiger partial charge in [-0.3, -0.25) is 4.79 Å². The Labute approximate surface area is 92.1 Å². The molecule has 1 rings (SSSR count). The van der Waals surface area contributed by atoms with Crippen LogP contribution in [0.15, 0.2) is 16.6 Å². The third-order valence-corrected chi connectivity index (χ3v) is 3.08. The van der Waals surface area contributed by atoms with Gasteiger partial charge < -0.3 is 5.11 Å². The molecule has 0 aliphatic heterocycles. The normalized spacial score (nSPS) is 10.2. The molecule has 0 atom stereocenters. The Morgan fingerprint density at radius 3 is 2.57 bits per heavy atom. The number of hydrogen-bond acceptors (Lipinski definition) is 1. The quantitative estimate of drug-likeness (QED) is 0.903. The first-order valence-corrected chi connectivity index (χ1v) is 5.27. The molecule has 0 radical (unpaired) electrons. The lowest BCUT2D eigenvalue weighted by molar-refractivity contribution is -0.136. The summed E-state index contributed by atoms with van der Waals surface area (Å²) in [5, 5.41) is 8.58. The standard InChI is InChI=1S/C11H13BrO2/c1-7-6-10(12)8(2)5-9(7)3-4-11(13)14/h5-6H,3-4H2,1-2H3,(H,13,14). The van der Waals surface area contributed by atoms with E-state index in [9.17, 15) is 4.79 Å². The van der Waals surface area contributed by atoms with Gasteiger partial charge in [0.25, 0.3) is 0 Å². The molecular weight excluding hydrogens is 244 g/mol. The van der Waals surface area contributed by atoms with E-state index < -0.39 is 5.97 Å². The number of aryl methyl sites for hydroxylation is 3. The third-order valence-electron chi connectivity index (χ3n) is 2.23. The zero-order chi connectivity index (χ0) is 10.7. The van der Waals surface area contributed by atoms with E-state index in [1.165, 1.54) is 0 Å². The maximum absolute atomic E-state index is 10.4. The molecule has 14 heavy (non-hydrogen) atoms. The van der Waals surface area contributed by atoms with Crippen LogP contribution >= 0.6 is 15.9 Å². The van der Waals surface area contributed by atoms with Crippen LogP contribution in [-0.2, 0) is 11.2 Å². The summed E-state index contributed by atoms with van der Waals surface area (Å²) >= 11 is 3.44. The van der Waals surface area contributed by atoms with Crippen molar-refractivity contribution < 1.29 is 9.90 Å². The van der Waals surface area contributed by atoms with Gasteiger partial charge >= 0.3 is 5.97 Å². The molecule has 1 N–H and O–H groups in total. The van der Waals surface area contributed by atoms with Crippen LogP contribution in [0.25, 0.3) is 0 Å². The number of rotatable bonds is 3. The van der Waals surface area contributed by atoms with E-state index in [0.29, 0.717) is 6.42 Å². The van der Waals surface area contributed by atoms with Crippen LogP contribution in [0.3, 0.4) is 0 Å². The maximum atomic E-state index is 10.4. The maximum Gasteiger partial charge on any atom is 0.303 e. The Bertz CT molecular complexity index is 359. The largest absolute Gasteiger partial charge is 0.481 e. The molecule has 1 aromatic carbocycles. The lowest BCUT2D eigenvalue weighted by Gasteiger charge is -2.07. The highest BCUT2D eigenvalue weighted by Crippen LogP contribution is 2.21. The number of aliphatic carboxylic acids is 1. The van der Waals surface area contributed by atoms with Crippen molar-refractivity contribution in [2.24, 2.45) is 0 Å². The van der Waals surface area contributed by atoms with Gasteiger partial charge in [0.05, 0.1) is 0 Å². The summed E-state index contributed by atoms with van der Waals surface area (Å²) in [4.78, 5) is 10.4. The van der Waals surface area contributed by atoms with Crippen LogP contribution < -0.4 is 0 Å².